The van der Waals surface area contributed by atoms with Crippen molar-refractivity contribution >= 4 is 35.8 Å². The van der Waals surface area contributed by atoms with Crippen LogP contribution in [0.2, 0.25) is 0 Å². The average molecular weight is 510 g/mol. The smallest absolute Gasteiger partial charge is 0.408 e. The fourth-order valence-electron chi connectivity index (χ4n) is 3.76. The minimum atomic E-state index is -1.07. The van der Waals surface area contributed by atoms with E-state index >= 15 is 0 Å². The van der Waals surface area contributed by atoms with Crippen molar-refractivity contribution < 1.29 is 33.8 Å². The van der Waals surface area contributed by atoms with Gasteiger partial charge in [0.25, 0.3) is 0 Å². The van der Waals surface area contributed by atoms with Gasteiger partial charge in [-0.3, -0.25) is 9.59 Å². The number of carboxylic acid groups (broad SMARTS) is 1. The second-order valence-corrected chi connectivity index (χ2v) is 10.3. The molecule has 0 radical (unpaired) electrons. The van der Waals surface area contributed by atoms with Crippen molar-refractivity contribution in [1.82, 2.24) is 16.0 Å². The van der Waals surface area contributed by atoms with E-state index in [9.17, 15) is 24.3 Å². The summed E-state index contributed by atoms with van der Waals surface area (Å²) in [5, 5.41) is 17.8. The molecule has 10 nitrogen and oxygen atoms in total. The van der Waals surface area contributed by atoms with E-state index in [1.54, 1.807) is 27.0 Å². The van der Waals surface area contributed by atoms with Gasteiger partial charge in [0.15, 0.2) is 0 Å². The summed E-state index contributed by atoms with van der Waals surface area (Å²) >= 11 is 1.37. The third-order valence-corrected chi connectivity index (χ3v) is 6.04. The number of thioether (sulfide) groups is 1. The number of aliphatic carboxylic acids is 1. The van der Waals surface area contributed by atoms with Gasteiger partial charge in [-0.15, -0.1) is 0 Å². The molecule has 0 aliphatic heterocycles. The molecule has 2 rings (SSSR count). The Bertz CT molecular complexity index is 876. The van der Waals surface area contributed by atoms with Crippen LogP contribution in [0.25, 0.3) is 0 Å². The molecule has 1 fully saturated rings. The van der Waals surface area contributed by atoms with Crippen LogP contribution < -0.4 is 16.0 Å². The summed E-state index contributed by atoms with van der Waals surface area (Å²) in [6, 6.07) is 7.25. The topological polar surface area (TPSA) is 143 Å². The third kappa shape index (κ3) is 10.1. The number of rotatable bonds is 9. The van der Waals surface area contributed by atoms with Crippen molar-refractivity contribution in [2.45, 2.75) is 70.4 Å². The normalized spacial score (nSPS) is 20.7. The quantitative estimate of drug-likeness (QED) is 0.398. The summed E-state index contributed by atoms with van der Waals surface area (Å²) in [6.07, 6.45) is 1.45. The van der Waals surface area contributed by atoms with Crippen LogP contribution in [0.15, 0.2) is 30.3 Å². The van der Waals surface area contributed by atoms with Crippen LogP contribution in [-0.2, 0) is 25.7 Å². The number of alkyl carbamates (subject to hydrolysis) is 2. The lowest BCUT2D eigenvalue weighted by Crippen LogP contribution is -2.56. The Labute approximate surface area is 209 Å². The van der Waals surface area contributed by atoms with E-state index in [0.29, 0.717) is 18.6 Å². The number of nitrogens with one attached hydrogen (secondary N) is 3. The molecule has 4 atom stereocenters. The number of amides is 3. The monoisotopic (exact) mass is 509 g/mol. The van der Waals surface area contributed by atoms with Crippen LogP contribution in [-0.4, -0.2) is 64.9 Å². The molecule has 0 spiro atoms. The van der Waals surface area contributed by atoms with Gasteiger partial charge in [-0.1, -0.05) is 30.3 Å². The van der Waals surface area contributed by atoms with Crippen LogP contribution >= 0.6 is 11.8 Å². The first-order valence-corrected chi connectivity index (χ1v) is 12.9. The Balaban J connectivity index is 1.92. The largest absolute Gasteiger partial charge is 0.481 e. The van der Waals surface area contributed by atoms with Crippen molar-refractivity contribution in [3.8, 4) is 0 Å². The zero-order valence-corrected chi connectivity index (χ0v) is 21.4. The van der Waals surface area contributed by atoms with Gasteiger partial charge in [-0.2, -0.15) is 11.8 Å². The van der Waals surface area contributed by atoms with Crippen LogP contribution in [0.3, 0.4) is 0 Å². The Morgan fingerprint density at radius 2 is 1.77 bits per heavy atom. The summed E-state index contributed by atoms with van der Waals surface area (Å²) < 4.78 is 10.5. The van der Waals surface area contributed by atoms with Crippen LogP contribution in [0.1, 0.15) is 45.6 Å². The fraction of sp³-hybridized carbons (Fsp3) is 0.583. The van der Waals surface area contributed by atoms with E-state index in [1.165, 1.54) is 11.8 Å². The van der Waals surface area contributed by atoms with Crippen molar-refractivity contribution in [1.29, 1.82) is 0 Å². The first-order chi connectivity index (χ1) is 16.5. The zero-order chi connectivity index (χ0) is 26.0. The third-order valence-electron chi connectivity index (χ3n) is 5.37. The molecule has 1 aliphatic carbocycles. The molecule has 0 heterocycles. The predicted molar refractivity (Wildman–Crippen MR) is 132 cm³/mol. The molecule has 0 bridgehead atoms. The number of benzene rings is 1. The molecule has 4 N–H and O–H groups in total. The van der Waals surface area contributed by atoms with E-state index in [1.807, 2.05) is 30.3 Å². The Morgan fingerprint density at radius 1 is 1.09 bits per heavy atom. The van der Waals surface area contributed by atoms with E-state index in [2.05, 4.69) is 16.0 Å². The SMILES string of the molecule is CSC[C@H](NC(=O)OCc1ccccc1)C(=O)NC1CCC(NC(=O)OC(C)(C)C)CC1C(=O)O. The Kier molecular flexibility index (Phi) is 10.7. The minimum Gasteiger partial charge on any atom is -0.481 e. The summed E-state index contributed by atoms with van der Waals surface area (Å²) in [5.41, 5.74) is 0.151. The summed E-state index contributed by atoms with van der Waals surface area (Å²) in [4.78, 5) is 49.1. The summed E-state index contributed by atoms with van der Waals surface area (Å²) in [6.45, 7) is 5.30. The van der Waals surface area contributed by atoms with Gasteiger partial charge in [-0.05, 0) is 51.9 Å². The molecular formula is C24H35N3O7S. The number of ether oxygens (including phenoxy) is 2. The molecule has 3 amide bonds. The van der Waals surface area contributed by atoms with Crippen LogP contribution in [0.4, 0.5) is 9.59 Å². The number of carboxylic acids is 1. The number of hydrogen-bond donors (Lipinski definition) is 4. The molecule has 35 heavy (non-hydrogen) atoms. The highest BCUT2D eigenvalue weighted by Crippen LogP contribution is 2.26. The molecule has 1 saturated carbocycles. The number of hydrogen-bond acceptors (Lipinski definition) is 7. The van der Waals surface area contributed by atoms with Crippen molar-refractivity contribution in [2.24, 2.45) is 5.92 Å². The van der Waals surface area contributed by atoms with Gasteiger partial charge in [0.05, 0.1) is 5.92 Å². The first-order valence-electron chi connectivity index (χ1n) is 11.5. The van der Waals surface area contributed by atoms with Crippen LogP contribution in [0, 0.1) is 5.92 Å². The molecule has 1 aromatic carbocycles. The molecule has 1 aromatic rings. The lowest BCUT2D eigenvalue weighted by atomic mass is 9.81. The zero-order valence-electron chi connectivity index (χ0n) is 20.5. The maximum atomic E-state index is 12.9. The van der Waals surface area contributed by atoms with E-state index < -0.39 is 47.7 Å². The standard InChI is InChI=1S/C24H35N3O7S/c1-24(2,3)34-23(32)25-16-10-11-18(17(12-16)21(29)30)26-20(28)19(14-35-4)27-22(31)33-13-15-8-6-5-7-9-15/h5-9,16-19H,10-14H2,1-4H3,(H,25,32)(H,26,28)(H,27,31)(H,29,30)/t16?,17?,18?,19-/m0/s1. The minimum absolute atomic E-state index is 0.0655. The lowest BCUT2D eigenvalue weighted by Gasteiger charge is -2.35. The predicted octanol–water partition coefficient (Wildman–Crippen LogP) is 2.91. The molecular weight excluding hydrogens is 474 g/mol. The second kappa shape index (κ2) is 13.2. The average Bonchev–Trinajstić information content (AvgIpc) is 2.77. The highest BCUT2D eigenvalue weighted by Gasteiger charge is 2.38. The number of carbonyl (C=O) groups excluding carboxylic acids is 3. The Morgan fingerprint density at radius 3 is 2.37 bits per heavy atom. The highest BCUT2D eigenvalue weighted by molar-refractivity contribution is 7.98. The van der Waals surface area contributed by atoms with Crippen LogP contribution in [0.5, 0.6) is 0 Å². The summed E-state index contributed by atoms with van der Waals surface area (Å²) in [5.74, 6) is -2.15. The van der Waals surface area contributed by atoms with E-state index in [-0.39, 0.29) is 19.1 Å². The molecule has 3 unspecified atom stereocenters. The van der Waals surface area contributed by atoms with Crippen molar-refractivity contribution in [3.05, 3.63) is 35.9 Å². The molecule has 1 aliphatic rings. The van der Waals surface area contributed by atoms with Gasteiger partial charge in [0, 0.05) is 17.8 Å². The maximum absolute atomic E-state index is 12.9. The van der Waals surface area contributed by atoms with Gasteiger partial charge < -0.3 is 30.5 Å². The maximum Gasteiger partial charge on any atom is 0.408 e. The summed E-state index contributed by atoms with van der Waals surface area (Å²) in [7, 11) is 0. The van der Waals surface area contributed by atoms with Crippen molar-refractivity contribution in [2.75, 3.05) is 12.0 Å². The lowest BCUT2D eigenvalue weighted by molar-refractivity contribution is -0.144. The van der Waals surface area contributed by atoms with Crippen molar-refractivity contribution in [3.63, 3.8) is 0 Å². The molecule has 0 aromatic heterocycles. The van der Waals surface area contributed by atoms with E-state index in [4.69, 9.17) is 9.47 Å². The Hall–Kier alpha value is -2.95. The van der Waals surface area contributed by atoms with Gasteiger partial charge >= 0.3 is 18.2 Å². The second-order valence-electron chi connectivity index (χ2n) is 9.43. The van der Waals surface area contributed by atoms with Gasteiger partial charge in [0.1, 0.15) is 18.2 Å². The van der Waals surface area contributed by atoms with E-state index in [0.717, 1.165) is 5.56 Å². The fourth-order valence-corrected chi connectivity index (χ4v) is 4.33. The highest BCUT2D eigenvalue weighted by atomic mass is 32.2. The molecule has 11 heteroatoms. The first kappa shape index (κ1) is 28.3. The van der Waals surface area contributed by atoms with Gasteiger partial charge in [0.2, 0.25) is 5.91 Å². The molecule has 0 saturated heterocycles. The number of carbonyl (C=O) groups is 4. The van der Waals surface area contributed by atoms with Gasteiger partial charge in [-0.25, -0.2) is 9.59 Å². The molecule has 194 valence electrons.